The number of amides is 4. The first-order valence-electron chi connectivity index (χ1n) is 12.4. The summed E-state index contributed by atoms with van der Waals surface area (Å²) in [5.74, 6) is -0.760. The van der Waals surface area contributed by atoms with E-state index in [1.54, 1.807) is 7.05 Å². The van der Waals surface area contributed by atoms with Gasteiger partial charge in [-0.05, 0) is 42.1 Å². The van der Waals surface area contributed by atoms with Gasteiger partial charge in [0.25, 0.3) is 0 Å². The zero-order valence-electron chi connectivity index (χ0n) is 20.6. The molecule has 7 nitrogen and oxygen atoms in total. The molecule has 2 bridgehead atoms. The molecule has 6 atom stereocenters. The second-order valence-electron chi connectivity index (χ2n) is 12.0. The third kappa shape index (κ3) is 2.08. The number of imide groups is 1. The van der Waals surface area contributed by atoms with E-state index in [-0.39, 0.29) is 35.5 Å². The highest BCUT2D eigenvalue weighted by atomic mass is 16.2. The van der Waals surface area contributed by atoms with E-state index >= 15 is 0 Å². The summed E-state index contributed by atoms with van der Waals surface area (Å²) >= 11 is 0. The van der Waals surface area contributed by atoms with Gasteiger partial charge in [-0.3, -0.25) is 24.1 Å². The summed E-state index contributed by atoms with van der Waals surface area (Å²) in [6.45, 7) is 6.74. The Balaban J connectivity index is 1.53. The Kier molecular flexibility index (Phi) is 4.04. The van der Waals surface area contributed by atoms with Crippen LogP contribution in [0.1, 0.15) is 45.6 Å². The molecule has 5 saturated heterocycles. The average Bonchev–Trinajstić information content (AvgIpc) is 3.26. The molecule has 5 heterocycles. The number of hydrogen-bond donors (Lipinski definition) is 0. The smallest absolute Gasteiger partial charge is 0.249 e. The highest BCUT2D eigenvalue weighted by molar-refractivity contribution is 6.08. The number of fused-ring (bicyclic) bond motifs is 1. The molecular weight excluding hydrogens is 430 g/mol. The van der Waals surface area contributed by atoms with Gasteiger partial charge in [-0.25, -0.2) is 0 Å². The van der Waals surface area contributed by atoms with Crippen molar-refractivity contribution in [3.63, 3.8) is 0 Å². The summed E-state index contributed by atoms with van der Waals surface area (Å²) in [5, 5.41) is 0. The van der Waals surface area contributed by atoms with Crippen LogP contribution in [0.3, 0.4) is 0 Å². The Morgan fingerprint density at radius 2 is 1.68 bits per heavy atom. The minimum atomic E-state index is -0.925. The van der Waals surface area contributed by atoms with Gasteiger partial charge in [-0.1, -0.05) is 51.1 Å². The lowest BCUT2D eigenvalue weighted by atomic mass is 9.55. The summed E-state index contributed by atoms with van der Waals surface area (Å²) in [6.07, 6.45) is 1.87. The molecule has 5 aliphatic heterocycles. The largest absolute Gasteiger partial charge is 0.336 e. The van der Waals surface area contributed by atoms with Crippen molar-refractivity contribution in [3.8, 4) is 0 Å². The molecule has 4 amide bonds. The predicted octanol–water partition coefficient (Wildman–Crippen LogP) is 2.10. The van der Waals surface area contributed by atoms with Gasteiger partial charge in [-0.2, -0.15) is 0 Å². The van der Waals surface area contributed by atoms with Crippen molar-refractivity contribution in [1.82, 2.24) is 14.7 Å². The van der Waals surface area contributed by atoms with Gasteiger partial charge >= 0.3 is 0 Å². The first-order valence-corrected chi connectivity index (χ1v) is 12.4. The van der Waals surface area contributed by atoms with E-state index in [1.165, 1.54) is 4.90 Å². The van der Waals surface area contributed by atoms with Crippen LogP contribution in [-0.4, -0.2) is 70.0 Å². The van der Waals surface area contributed by atoms with Crippen molar-refractivity contribution in [2.75, 3.05) is 20.6 Å². The first-order chi connectivity index (χ1) is 15.9. The molecule has 1 aliphatic carbocycles. The number of benzene rings is 1. The molecule has 0 radical (unpaired) electrons. The van der Waals surface area contributed by atoms with E-state index in [9.17, 15) is 19.2 Å². The lowest BCUT2D eigenvalue weighted by Crippen LogP contribution is -2.80. The van der Waals surface area contributed by atoms with Gasteiger partial charge in [0, 0.05) is 27.1 Å². The molecule has 6 aliphatic rings. The van der Waals surface area contributed by atoms with Crippen LogP contribution in [0.25, 0.3) is 0 Å². The van der Waals surface area contributed by atoms with E-state index < -0.39 is 27.8 Å². The van der Waals surface area contributed by atoms with Crippen LogP contribution in [-0.2, 0) is 25.6 Å². The lowest BCUT2D eigenvalue weighted by Gasteiger charge is -2.64. The Labute approximate surface area is 200 Å². The van der Waals surface area contributed by atoms with Crippen LogP contribution in [0.5, 0.6) is 0 Å². The fraction of sp³-hybridized carbons (Fsp3) is 0.630. The molecule has 0 aromatic heterocycles. The number of carbonyl (C=O) groups excluding carboxylic acids is 4. The summed E-state index contributed by atoms with van der Waals surface area (Å²) in [5.41, 5.74) is -1.89. The Morgan fingerprint density at radius 3 is 2.35 bits per heavy atom. The van der Waals surface area contributed by atoms with Crippen molar-refractivity contribution in [3.05, 3.63) is 35.9 Å². The van der Waals surface area contributed by atoms with Gasteiger partial charge in [0.2, 0.25) is 23.6 Å². The van der Waals surface area contributed by atoms with Crippen LogP contribution >= 0.6 is 0 Å². The van der Waals surface area contributed by atoms with Crippen molar-refractivity contribution in [2.24, 2.45) is 28.6 Å². The van der Waals surface area contributed by atoms with E-state index in [1.807, 2.05) is 54.1 Å². The van der Waals surface area contributed by atoms with Crippen molar-refractivity contribution >= 4 is 23.6 Å². The molecule has 1 aromatic rings. The Bertz CT molecular complexity index is 1150. The van der Waals surface area contributed by atoms with Gasteiger partial charge in [0.05, 0.1) is 16.9 Å². The van der Waals surface area contributed by atoms with Crippen molar-refractivity contribution in [1.29, 1.82) is 0 Å². The van der Waals surface area contributed by atoms with Crippen LogP contribution in [0, 0.1) is 28.6 Å². The molecule has 1 unspecified atom stereocenters. The summed E-state index contributed by atoms with van der Waals surface area (Å²) in [7, 11) is 3.46. The van der Waals surface area contributed by atoms with E-state index in [0.29, 0.717) is 32.2 Å². The number of piperazine rings is 1. The molecule has 6 fully saturated rings. The maximum Gasteiger partial charge on any atom is 0.249 e. The van der Waals surface area contributed by atoms with E-state index in [2.05, 4.69) is 13.8 Å². The Morgan fingerprint density at radius 1 is 1.00 bits per heavy atom. The zero-order valence-corrected chi connectivity index (χ0v) is 20.6. The van der Waals surface area contributed by atoms with Crippen molar-refractivity contribution < 1.29 is 19.2 Å². The molecule has 1 aromatic carbocycles. The topological polar surface area (TPSA) is 78.0 Å². The third-order valence-electron chi connectivity index (χ3n) is 10.8. The van der Waals surface area contributed by atoms with Crippen LogP contribution in [0.2, 0.25) is 0 Å². The number of piperidine rings is 2. The van der Waals surface area contributed by atoms with Crippen LogP contribution in [0.15, 0.2) is 30.3 Å². The number of rotatable bonds is 2. The second-order valence-corrected chi connectivity index (χ2v) is 12.0. The first kappa shape index (κ1) is 21.8. The average molecular weight is 464 g/mol. The number of carbonyl (C=O) groups is 4. The monoisotopic (exact) mass is 463 g/mol. The predicted molar refractivity (Wildman–Crippen MR) is 124 cm³/mol. The lowest BCUT2D eigenvalue weighted by molar-refractivity contribution is -0.192. The van der Waals surface area contributed by atoms with Gasteiger partial charge in [0.15, 0.2) is 0 Å². The van der Waals surface area contributed by atoms with Crippen LogP contribution in [0.4, 0.5) is 0 Å². The van der Waals surface area contributed by atoms with E-state index in [4.69, 9.17) is 0 Å². The number of likely N-dealkylation sites (tertiary alicyclic amines) is 1. The molecular formula is C27H33N3O4. The highest BCUT2D eigenvalue weighted by Crippen LogP contribution is 2.73. The fourth-order valence-corrected chi connectivity index (χ4v) is 8.98. The highest BCUT2D eigenvalue weighted by Gasteiger charge is 2.82. The number of nitrogens with zero attached hydrogens (tertiary/aromatic N) is 3. The molecule has 0 N–H and O–H groups in total. The van der Waals surface area contributed by atoms with Crippen molar-refractivity contribution in [2.45, 2.75) is 57.5 Å². The van der Waals surface area contributed by atoms with Gasteiger partial charge in [-0.15, -0.1) is 0 Å². The normalized spacial score (nSPS) is 42.3. The van der Waals surface area contributed by atoms with Gasteiger partial charge < -0.3 is 9.80 Å². The molecule has 7 heteroatoms. The SMILES string of the molecule is C[C@H]1CC(=O)N2C[C@]34C[C@@]5(C(=O)N(C)C(=O)C5Cc5ccccc5)C(C)(C)[C@@H]3C[C@]12C(=O)N4C. The minimum Gasteiger partial charge on any atom is -0.336 e. The maximum atomic E-state index is 14.1. The van der Waals surface area contributed by atoms with Crippen LogP contribution < -0.4 is 0 Å². The number of likely N-dealkylation sites (N-methyl/N-ethyl adjacent to an activating group) is 1. The third-order valence-corrected chi connectivity index (χ3v) is 10.8. The fourth-order valence-electron chi connectivity index (χ4n) is 8.98. The molecule has 3 spiro atoms. The zero-order chi connectivity index (χ0) is 24.4. The molecule has 34 heavy (non-hydrogen) atoms. The molecule has 1 saturated carbocycles. The minimum absolute atomic E-state index is 0.00550. The quantitative estimate of drug-likeness (QED) is 0.630. The maximum absolute atomic E-state index is 14.1. The summed E-state index contributed by atoms with van der Waals surface area (Å²) < 4.78 is 0. The van der Waals surface area contributed by atoms with Gasteiger partial charge in [0.1, 0.15) is 5.54 Å². The Hall–Kier alpha value is -2.70. The summed E-state index contributed by atoms with van der Waals surface area (Å²) in [6, 6.07) is 9.88. The van der Waals surface area contributed by atoms with E-state index in [0.717, 1.165) is 5.56 Å². The number of hydrogen-bond acceptors (Lipinski definition) is 4. The summed E-state index contributed by atoms with van der Waals surface area (Å²) in [4.78, 5) is 59.5. The second kappa shape index (κ2) is 6.29. The standard InChI is InChI=1S/C27H33N3O4/c1-16-11-20(31)30-15-25-14-26(24(2,3)19(25)13-27(16,30)23(34)29(25)5)18(21(32)28(4)22(26)33)12-17-9-7-6-8-10-17/h6-10,16,18-19H,11-15H2,1-5H3/t16-,18?,19-,25+,26+,27+/m0/s1. The molecule has 7 rings (SSSR count). The molecule has 180 valence electrons.